The molecular formula is C19H19N3O3. The Morgan fingerprint density at radius 2 is 1.44 bits per heavy atom. The van der Waals surface area contributed by atoms with Crippen molar-refractivity contribution in [3.63, 3.8) is 0 Å². The lowest BCUT2D eigenvalue weighted by Crippen LogP contribution is -2.37. The summed E-state index contributed by atoms with van der Waals surface area (Å²) in [5, 5.41) is 5.49. The molecule has 25 heavy (non-hydrogen) atoms. The fourth-order valence-electron chi connectivity index (χ4n) is 2.72. The van der Waals surface area contributed by atoms with E-state index in [1.807, 2.05) is 30.3 Å². The van der Waals surface area contributed by atoms with Crippen LogP contribution in [0.3, 0.4) is 0 Å². The van der Waals surface area contributed by atoms with E-state index in [1.54, 1.807) is 24.3 Å². The molecule has 1 aliphatic heterocycles. The molecule has 3 rings (SSSR count). The molecular weight excluding hydrogens is 318 g/mol. The number of urea groups is 1. The summed E-state index contributed by atoms with van der Waals surface area (Å²) in [6.07, 6.45) is 0.504. The predicted molar refractivity (Wildman–Crippen MR) is 93.1 cm³/mol. The average molecular weight is 337 g/mol. The fourth-order valence-corrected chi connectivity index (χ4v) is 2.72. The van der Waals surface area contributed by atoms with Crippen molar-refractivity contribution in [2.75, 3.05) is 13.1 Å². The van der Waals surface area contributed by atoms with E-state index in [-0.39, 0.29) is 24.4 Å². The first-order valence-corrected chi connectivity index (χ1v) is 8.17. The van der Waals surface area contributed by atoms with Gasteiger partial charge in [0.05, 0.1) is 11.1 Å². The van der Waals surface area contributed by atoms with E-state index in [0.717, 1.165) is 5.56 Å². The van der Waals surface area contributed by atoms with Crippen molar-refractivity contribution >= 4 is 17.8 Å². The van der Waals surface area contributed by atoms with Crippen LogP contribution < -0.4 is 10.6 Å². The molecule has 0 fully saturated rings. The third-order valence-electron chi connectivity index (χ3n) is 4.02. The van der Waals surface area contributed by atoms with Crippen LogP contribution in [0.1, 0.15) is 32.7 Å². The molecule has 1 heterocycles. The summed E-state index contributed by atoms with van der Waals surface area (Å²) in [4.78, 5) is 37.4. The SMILES string of the molecule is O=C(NCCCN1C(=O)c2ccccc2C1=O)NCc1ccccc1. The van der Waals surface area contributed by atoms with Crippen molar-refractivity contribution in [1.82, 2.24) is 15.5 Å². The van der Waals surface area contributed by atoms with Gasteiger partial charge in [0.2, 0.25) is 0 Å². The van der Waals surface area contributed by atoms with Crippen molar-refractivity contribution in [2.24, 2.45) is 0 Å². The molecule has 0 aromatic heterocycles. The van der Waals surface area contributed by atoms with E-state index in [9.17, 15) is 14.4 Å². The molecule has 0 radical (unpaired) electrons. The normalized spacial score (nSPS) is 12.9. The third kappa shape index (κ3) is 3.85. The number of nitrogens with one attached hydrogen (secondary N) is 2. The van der Waals surface area contributed by atoms with Gasteiger partial charge in [-0.2, -0.15) is 0 Å². The molecule has 2 N–H and O–H groups in total. The minimum atomic E-state index is -0.272. The Morgan fingerprint density at radius 1 is 0.840 bits per heavy atom. The monoisotopic (exact) mass is 337 g/mol. The molecule has 2 aromatic carbocycles. The van der Waals surface area contributed by atoms with Crippen molar-refractivity contribution in [3.05, 3.63) is 71.3 Å². The molecule has 1 aliphatic rings. The maximum Gasteiger partial charge on any atom is 0.315 e. The van der Waals surface area contributed by atoms with Gasteiger partial charge in [-0.15, -0.1) is 0 Å². The molecule has 4 amide bonds. The Morgan fingerprint density at radius 3 is 2.08 bits per heavy atom. The maximum atomic E-state index is 12.2. The molecule has 6 heteroatoms. The van der Waals surface area contributed by atoms with E-state index >= 15 is 0 Å². The van der Waals surface area contributed by atoms with E-state index in [4.69, 9.17) is 0 Å². The average Bonchev–Trinajstić information content (AvgIpc) is 2.89. The second kappa shape index (κ2) is 7.61. The highest BCUT2D eigenvalue weighted by molar-refractivity contribution is 6.21. The summed E-state index contributed by atoms with van der Waals surface area (Å²) in [5.41, 5.74) is 1.91. The van der Waals surface area contributed by atoms with Crippen LogP contribution in [0.4, 0.5) is 4.79 Å². The van der Waals surface area contributed by atoms with Crippen molar-refractivity contribution in [1.29, 1.82) is 0 Å². The zero-order valence-corrected chi connectivity index (χ0v) is 13.7. The number of nitrogens with zero attached hydrogens (tertiary/aromatic N) is 1. The van der Waals surface area contributed by atoms with Crippen molar-refractivity contribution in [3.8, 4) is 0 Å². The summed E-state index contributed by atoms with van der Waals surface area (Å²) in [7, 11) is 0. The number of carbonyl (C=O) groups excluding carboxylic acids is 3. The zero-order valence-electron chi connectivity index (χ0n) is 13.7. The molecule has 0 spiro atoms. The largest absolute Gasteiger partial charge is 0.338 e. The smallest absolute Gasteiger partial charge is 0.315 e. The molecule has 0 unspecified atom stereocenters. The number of carbonyl (C=O) groups is 3. The van der Waals surface area contributed by atoms with Crippen LogP contribution in [0.25, 0.3) is 0 Å². The molecule has 0 saturated heterocycles. The lowest BCUT2D eigenvalue weighted by molar-refractivity contribution is 0.0653. The summed E-state index contributed by atoms with van der Waals surface area (Å²) in [6.45, 7) is 1.12. The topological polar surface area (TPSA) is 78.5 Å². The highest BCUT2D eigenvalue weighted by Crippen LogP contribution is 2.22. The van der Waals surface area contributed by atoms with Gasteiger partial charge in [0.1, 0.15) is 0 Å². The van der Waals surface area contributed by atoms with Crippen LogP contribution in [0, 0.1) is 0 Å². The summed E-state index contributed by atoms with van der Waals surface area (Å²) in [5.74, 6) is -0.539. The first-order valence-electron chi connectivity index (χ1n) is 8.17. The van der Waals surface area contributed by atoms with E-state index in [0.29, 0.717) is 30.6 Å². The van der Waals surface area contributed by atoms with Crippen molar-refractivity contribution < 1.29 is 14.4 Å². The Labute approximate surface area is 145 Å². The third-order valence-corrected chi connectivity index (χ3v) is 4.02. The second-order valence-corrected chi connectivity index (χ2v) is 5.76. The van der Waals surface area contributed by atoms with Crippen LogP contribution in [0.15, 0.2) is 54.6 Å². The maximum absolute atomic E-state index is 12.2. The van der Waals surface area contributed by atoms with Gasteiger partial charge in [-0.1, -0.05) is 42.5 Å². The number of fused-ring (bicyclic) bond motifs is 1. The van der Waals surface area contributed by atoms with Crippen molar-refractivity contribution in [2.45, 2.75) is 13.0 Å². The Balaban J connectivity index is 1.40. The number of imide groups is 1. The van der Waals surface area contributed by atoms with Crippen LogP contribution >= 0.6 is 0 Å². The van der Waals surface area contributed by atoms with Gasteiger partial charge in [-0.05, 0) is 24.1 Å². The number of hydrogen-bond donors (Lipinski definition) is 2. The molecule has 6 nitrogen and oxygen atoms in total. The van der Waals surface area contributed by atoms with Crippen LogP contribution in [-0.4, -0.2) is 35.8 Å². The molecule has 2 aromatic rings. The standard InChI is InChI=1S/C19H19N3O3/c23-17-15-9-4-5-10-16(15)18(24)22(17)12-6-11-20-19(25)21-13-14-7-2-1-3-8-14/h1-5,7-10H,6,11-13H2,(H2,20,21,25). The Bertz CT molecular complexity index is 755. The quantitative estimate of drug-likeness (QED) is 0.626. The number of benzene rings is 2. The summed E-state index contributed by atoms with van der Waals surface area (Å²) < 4.78 is 0. The summed E-state index contributed by atoms with van der Waals surface area (Å²) >= 11 is 0. The zero-order chi connectivity index (χ0) is 17.6. The van der Waals surface area contributed by atoms with Gasteiger partial charge in [0.15, 0.2) is 0 Å². The van der Waals surface area contributed by atoms with Gasteiger partial charge < -0.3 is 10.6 Å². The van der Waals surface area contributed by atoms with Crippen LogP contribution in [-0.2, 0) is 6.54 Å². The van der Waals surface area contributed by atoms with E-state index in [2.05, 4.69) is 10.6 Å². The molecule has 0 atom stereocenters. The Hall–Kier alpha value is -3.15. The number of amides is 4. The van der Waals surface area contributed by atoms with E-state index < -0.39 is 0 Å². The van der Waals surface area contributed by atoms with Gasteiger partial charge in [-0.3, -0.25) is 14.5 Å². The van der Waals surface area contributed by atoms with Gasteiger partial charge in [0.25, 0.3) is 11.8 Å². The highest BCUT2D eigenvalue weighted by atomic mass is 16.2. The molecule has 0 saturated carbocycles. The number of rotatable bonds is 6. The Kier molecular flexibility index (Phi) is 5.09. The van der Waals surface area contributed by atoms with Gasteiger partial charge >= 0.3 is 6.03 Å². The molecule has 0 aliphatic carbocycles. The highest BCUT2D eigenvalue weighted by Gasteiger charge is 2.34. The minimum absolute atomic E-state index is 0.269. The molecule has 128 valence electrons. The van der Waals surface area contributed by atoms with Crippen LogP contribution in [0.2, 0.25) is 0 Å². The second-order valence-electron chi connectivity index (χ2n) is 5.76. The number of hydrogen-bond acceptors (Lipinski definition) is 3. The minimum Gasteiger partial charge on any atom is -0.338 e. The fraction of sp³-hybridized carbons (Fsp3) is 0.211. The first kappa shape index (κ1) is 16.7. The summed E-state index contributed by atoms with van der Waals surface area (Å²) in [6, 6.07) is 16.1. The lowest BCUT2D eigenvalue weighted by Gasteiger charge is -2.14. The van der Waals surface area contributed by atoms with Crippen LogP contribution in [0.5, 0.6) is 0 Å². The molecule has 0 bridgehead atoms. The van der Waals surface area contributed by atoms with Gasteiger partial charge in [0, 0.05) is 19.6 Å². The van der Waals surface area contributed by atoms with E-state index in [1.165, 1.54) is 4.90 Å². The predicted octanol–water partition coefficient (Wildman–Crippen LogP) is 2.17. The lowest BCUT2D eigenvalue weighted by atomic mass is 10.1. The van der Waals surface area contributed by atoms with Gasteiger partial charge in [-0.25, -0.2) is 4.79 Å². The first-order chi connectivity index (χ1) is 12.2.